The molecular weight excluding hydrogens is 270 g/mol. The third-order valence-corrected chi connectivity index (χ3v) is 3.94. The predicted octanol–water partition coefficient (Wildman–Crippen LogP) is -0.337. The summed E-state index contributed by atoms with van der Waals surface area (Å²) in [7, 11) is 1.25. The number of benzene rings is 1. The molecule has 1 atom stereocenters. The normalized spacial score (nSPS) is 17.1. The predicted molar refractivity (Wildman–Crippen MR) is 79.4 cm³/mol. The molecular formula is C15H22N3O3+. The number of amides is 2. The molecule has 1 aromatic rings. The van der Waals surface area contributed by atoms with E-state index in [1.165, 1.54) is 17.7 Å². The van der Waals surface area contributed by atoms with E-state index in [1.54, 1.807) is 0 Å². The second kappa shape index (κ2) is 7.08. The van der Waals surface area contributed by atoms with Crippen LogP contribution < -0.4 is 15.1 Å². The average Bonchev–Trinajstić information content (AvgIpc) is 2.55. The van der Waals surface area contributed by atoms with Crippen LogP contribution in [-0.4, -0.2) is 51.3 Å². The van der Waals surface area contributed by atoms with Gasteiger partial charge in [0.25, 0.3) is 5.91 Å². The Labute approximate surface area is 124 Å². The van der Waals surface area contributed by atoms with Crippen LogP contribution in [0, 0.1) is 0 Å². The molecule has 0 radical (unpaired) electrons. The summed E-state index contributed by atoms with van der Waals surface area (Å²) >= 11 is 0. The lowest BCUT2D eigenvalue weighted by molar-refractivity contribution is -0.914. The largest absolute Gasteiger partial charge is 0.453 e. The maximum atomic E-state index is 11.9. The van der Waals surface area contributed by atoms with Crippen LogP contribution >= 0.6 is 0 Å². The summed E-state index contributed by atoms with van der Waals surface area (Å²) in [5, 5.41) is 2.24. The minimum Gasteiger partial charge on any atom is -0.453 e. The number of para-hydroxylation sites is 1. The molecule has 6 heteroatoms. The van der Waals surface area contributed by atoms with Gasteiger partial charge in [-0.25, -0.2) is 4.79 Å². The molecule has 2 N–H and O–H groups in total. The Hall–Kier alpha value is -2.08. The first-order chi connectivity index (χ1) is 10.1. The third-order valence-electron chi connectivity index (χ3n) is 3.94. The van der Waals surface area contributed by atoms with Gasteiger partial charge in [-0.05, 0) is 19.1 Å². The van der Waals surface area contributed by atoms with Crippen molar-refractivity contribution in [2.24, 2.45) is 0 Å². The zero-order valence-electron chi connectivity index (χ0n) is 12.5. The molecule has 114 valence electrons. The molecule has 1 heterocycles. The van der Waals surface area contributed by atoms with Crippen LogP contribution in [0.15, 0.2) is 30.3 Å². The van der Waals surface area contributed by atoms with Gasteiger partial charge in [0.15, 0.2) is 6.04 Å². The lowest BCUT2D eigenvalue weighted by Gasteiger charge is -2.35. The number of alkyl carbamates (subject to hydrolysis) is 1. The Morgan fingerprint density at radius 3 is 2.43 bits per heavy atom. The van der Waals surface area contributed by atoms with Gasteiger partial charge in [-0.1, -0.05) is 18.2 Å². The number of piperazine rings is 1. The first kappa shape index (κ1) is 15.3. The molecule has 0 unspecified atom stereocenters. The smallest absolute Gasteiger partial charge is 0.413 e. The molecule has 1 saturated heterocycles. The fourth-order valence-electron chi connectivity index (χ4n) is 2.57. The van der Waals surface area contributed by atoms with Crippen molar-refractivity contribution in [3.05, 3.63) is 30.3 Å². The van der Waals surface area contributed by atoms with Gasteiger partial charge in [0.2, 0.25) is 0 Å². The number of hydrogen-bond acceptors (Lipinski definition) is 4. The van der Waals surface area contributed by atoms with Crippen molar-refractivity contribution < 1.29 is 19.2 Å². The summed E-state index contributed by atoms with van der Waals surface area (Å²) in [6.45, 7) is 5.37. The molecule has 1 aliphatic heterocycles. The Bertz CT molecular complexity index is 484. The second-order valence-corrected chi connectivity index (χ2v) is 5.18. The number of carbonyl (C=O) groups excluding carboxylic acids is 2. The summed E-state index contributed by atoms with van der Waals surface area (Å²) in [6, 6.07) is 9.99. The summed E-state index contributed by atoms with van der Waals surface area (Å²) in [6.07, 6.45) is -0.700. The molecule has 1 aromatic carbocycles. The number of rotatable bonds is 3. The van der Waals surface area contributed by atoms with Crippen molar-refractivity contribution in [2.75, 3.05) is 38.2 Å². The van der Waals surface area contributed by atoms with Crippen molar-refractivity contribution in [2.45, 2.75) is 13.0 Å². The van der Waals surface area contributed by atoms with Gasteiger partial charge in [0, 0.05) is 5.69 Å². The summed E-state index contributed by atoms with van der Waals surface area (Å²) in [5.74, 6) is -0.287. The first-order valence-corrected chi connectivity index (χ1v) is 7.15. The van der Waals surface area contributed by atoms with Crippen molar-refractivity contribution in [3.63, 3.8) is 0 Å². The molecule has 0 saturated carbocycles. The van der Waals surface area contributed by atoms with Gasteiger partial charge in [-0.15, -0.1) is 0 Å². The van der Waals surface area contributed by atoms with Crippen LogP contribution in [0.4, 0.5) is 10.5 Å². The molecule has 0 bridgehead atoms. The Kier molecular flexibility index (Phi) is 5.16. The number of imide groups is 1. The SMILES string of the molecule is COC(=O)NC(=O)[C@H](C)[NH+]1CCN(c2ccccc2)CC1. The minimum atomic E-state index is -0.700. The highest BCUT2D eigenvalue weighted by molar-refractivity contribution is 5.93. The van der Waals surface area contributed by atoms with Crippen LogP contribution in [0.5, 0.6) is 0 Å². The fourth-order valence-corrected chi connectivity index (χ4v) is 2.57. The molecule has 0 spiro atoms. The van der Waals surface area contributed by atoms with Crippen LogP contribution in [0.1, 0.15) is 6.92 Å². The number of hydrogen-bond donors (Lipinski definition) is 2. The van der Waals surface area contributed by atoms with E-state index in [4.69, 9.17) is 0 Å². The molecule has 1 aliphatic rings. The minimum absolute atomic E-state index is 0.262. The number of methoxy groups -OCH3 is 1. The zero-order chi connectivity index (χ0) is 15.2. The molecule has 0 aliphatic carbocycles. The van der Waals surface area contributed by atoms with E-state index in [2.05, 4.69) is 27.1 Å². The maximum Gasteiger partial charge on any atom is 0.413 e. The van der Waals surface area contributed by atoms with Gasteiger partial charge < -0.3 is 14.5 Å². The van der Waals surface area contributed by atoms with Crippen LogP contribution in [0.2, 0.25) is 0 Å². The van der Waals surface area contributed by atoms with Gasteiger partial charge in [-0.3, -0.25) is 10.1 Å². The number of anilines is 1. The van der Waals surface area contributed by atoms with Crippen molar-refractivity contribution in [1.82, 2.24) is 5.32 Å². The van der Waals surface area contributed by atoms with Gasteiger partial charge in [0.1, 0.15) is 0 Å². The third kappa shape index (κ3) is 3.95. The van der Waals surface area contributed by atoms with E-state index in [-0.39, 0.29) is 11.9 Å². The molecule has 2 amide bonds. The molecule has 2 rings (SSSR count). The van der Waals surface area contributed by atoms with E-state index in [0.717, 1.165) is 26.2 Å². The fraction of sp³-hybridized carbons (Fsp3) is 0.467. The monoisotopic (exact) mass is 292 g/mol. The van der Waals surface area contributed by atoms with Gasteiger partial charge in [0.05, 0.1) is 33.3 Å². The van der Waals surface area contributed by atoms with E-state index < -0.39 is 6.09 Å². The van der Waals surface area contributed by atoms with Crippen LogP contribution in [0.3, 0.4) is 0 Å². The molecule has 0 aromatic heterocycles. The summed E-state index contributed by atoms with van der Waals surface area (Å²) in [5.41, 5.74) is 1.21. The summed E-state index contributed by atoms with van der Waals surface area (Å²) < 4.78 is 4.44. The van der Waals surface area contributed by atoms with Gasteiger partial charge >= 0.3 is 6.09 Å². The highest BCUT2D eigenvalue weighted by atomic mass is 16.5. The average molecular weight is 292 g/mol. The number of nitrogens with zero attached hydrogens (tertiary/aromatic N) is 1. The Morgan fingerprint density at radius 2 is 1.86 bits per heavy atom. The zero-order valence-corrected chi connectivity index (χ0v) is 12.5. The van der Waals surface area contributed by atoms with E-state index in [0.29, 0.717) is 0 Å². The van der Waals surface area contributed by atoms with E-state index in [1.807, 2.05) is 25.1 Å². The van der Waals surface area contributed by atoms with Crippen molar-refractivity contribution in [3.8, 4) is 0 Å². The van der Waals surface area contributed by atoms with E-state index >= 15 is 0 Å². The number of quaternary nitrogens is 1. The Balaban J connectivity index is 1.86. The lowest BCUT2D eigenvalue weighted by atomic mass is 10.2. The standard InChI is InChI=1S/C15H21N3O3/c1-12(14(19)16-15(20)21-2)17-8-10-18(11-9-17)13-6-4-3-5-7-13/h3-7,12H,8-11H2,1-2H3,(H,16,19,20)/p+1/t12-/m0/s1. The highest BCUT2D eigenvalue weighted by Gasteiger charge is 2.30. The van der Waals surface area contributed by atoms with Gasteiger partial charge in [-0.2, -0.15) is 0 Å². The van der Waals surface area contributed by atoms with Crippen LogP contribution in [-0.2, 0) is 9.53 Å². The number of ether oxygens (including phenoxy) is 1. The van der Waals surface area contributed by atoms with Crippen molar-refractivity contribution in [1.29, 1.82) is 0 Å². The number of nitrogens with one attached hydrogen (secondary N) is 2. The van der Waals surface area contributed by atoms with Crippen LogP contribution in [0.25, 0.3) is 0 Å². The molecule has 1 fully saturated rings. The second-order valence-electron chi connectivity index (χ2n) is 5.18. The lowest BCUT2D eigenvalue weighted by Crippen LogP contribution is -3.19. The Morgan fingerprint density at radius 1 is 1.24 bits per heavy atom. The first-order valence-electron chi connectivity index (χ1n) is 7.15. The van der Waals surface area contributed by atoms with E-state index in [9.17, 15) is 9.59 Å². The maximum absolute atomic E-state index is 11.9. The summed E-state index contributed by atoms with van der Waals surface area (Å²) in [4.78, 5) is 26.5. The molecule has 6 nitrogen and oxygen atoms in total. The topological polar surface area (TPSA) is 63.1 Å². The quantitative estimate of drug-likeness (QED) is 0.800. The van der Waals surface area contributed by atoms with Crippen molar-refractivity contribution >= 4 is 17.7 Å². The molecule has 21 heavy (non-hydrogen) atoms. The highest BCUT2D eigenvalue weighted by Crippen LogP contribution is 2.12. The number of carbonyl (C=O) groups is 2.